The average Bonchev–Trinajstić information content (AvgIpc) is 2.26. The number of rotatable bonds is 4. The molecule has 0 radical (unpaired) electrons. The predicted molar refractivity (Wildman–Crippen MR) is 56.6 cm³/mol. The molecule has 0 bridgehead atoms. The van der Waals surface area contributed by atoms with Crippen molar-refractivity contribution in [2.45, 2.75) is 4.90 Å². The molecule has 0 aliphatic rings. The van der Waals surface area contributed by atoms with Gasteiger partial charge in [-0.15, -0.1) is 11.8 Å². The van der Waals surface area contributed by atoms with Gasteiger partial charge in [0.2, 0.25) is 0 Å². The van der Waals surface area contributed by atoms with E-state index < -0.39 is 0 Å². The van der Waals surface area contributed by atoms with Gasteiger partial charge in [0, 0.05) is 10.5 Å². The van der Waals surface area contributed by atoms with Crippen LogP contribution >= 0.6 is 11.8 Å². The number of amides is 1. The maximum atomic E-state index is 11.3. The molecule has 1 aromatic carbocycles. The molecule has 1 N–H and O–H groups in total. The molecule has 1 rings (SSSR count). The SMILES string of the molecule is CSc1ccc(C(=O)NCC=O)cc1. The number of nitrogens with one attached hydrogen (secondary N) is 1. The summed E-state index contributed by atoms with van der Waals surface area (Å²) in [7, 11) is 0. The van der Waals surface area contributed by atoms with E-state index in [1.165, 1.54) is 0 Å². The minimum atomic E-state index is -0.218. The molecule has 14 heavy (non-hydrogen) atoms. The van der Waals surface area contributed by atoms with Crippen molar-refractivity contribution in [2.24, 2.45) is 0 Å². The summed E-state index contributed by atoms with van der Waals surface area (Å²) in [5, 5.41) is 2.47. The van der Waals surface area contributed by atoms with Crippen molar-refractivity contribution < 1.29 is 9.59 Å². The molecule has 0 saturated heterocycles. The standard InChI is InChI=1S/C10H11NO2S/c1-14-9-4-2-8(3-5-9)10(13)11-6-7-12/h2-5,7H,6H2,1H3,(H,11,13). The minimum Gasteiger partial charge on any atom is -0.345 e. The first-order valence-corrected chi connectivity index (χ1v) is 5.36. The lowest BCUT2D eigenvalue weighted by Crippen LogP contribution is -2.24. The predicted octanol–water partition coefficient (Wildman–Crippen LogP) is 1.34. The number of hydrogen-bond donors (Lipinski definition) is 1. The van der Waals surface area contributed by atoms with Crippen LogP contribution in [0.4, 0.5) is 0 Å². The molecule has 0 saturated carbocycles. The van der Waals surface area contributed by atoms with Crippen LogP contribution in [0.1, 0.15) is 10.4 Å². The van der Waals surface area contributed by atoms with Gasteiger partial charge in [0.05, 0.1) is 6.54 Å². The lowest BCUT2D eigenvalue weighted by Gasteiger charge is -2.01. The normalized spacial score (nSPS) is 9.50. The first-order valence-electron chi connectivity index (χ1n) is 4.14. The Hall–Kier alpha value is -1.29. The van der Waals surface area contributed by atoms with Gasteiger partial charge in [-0.25, -0.2) is 0 Å². The highest BCUT2D eigenvalue weighted by Crippen LogP contribution is 2.14. The highest BCUT2D eigenvalue weighted by molar-refractivity contribution is 7.98. The van der Waals surface area contributed by atoms with Crippen molar-refractivity contribution in [2.75, 3.05) is 12.8 Å². The second-order valence-corrected chi connectivity index (χ2v) is 3.48. The van der Waals surface area contributed by atoms with Crippen LogP contribution in [-0.4, -0.2) is 25.0 Å². The van der Waals surface area contributed by atoms with Gasteiger partial charge >= 0.3 is 0 Å². The van der Waals surface area contributed by atoms with Crippen molar-refractivity contribution in [3.63, 3.8) is 0 Å². The van der Waals surface area contributed by atoms with Crippen molar-refractivity contribution in [3.05, 3.63) is 29.8 Å². The number of aldehydes is 1. The summed E-state index contributed by atoms with van der Waals surface area (Å²) in [6.45, 7) is 0.0586. The summed E-state index contributed by atoms with van der Waals surface area (Å²) in [5.41, 5.74) is 0.574. The fourth-order valence-electron chi connectivity index (χ4n) is 0.979. The Morgan fingerprint density at radius 3 is 2.57 bits per heavy atom. The first kappa shape index (κ1) is 10.8. The van der Waals surface area contributed by atoms with E-state index in [1.807, 2.05) is 18.4 Å². The van der Waals surface area contributed by atoms with E-state index in [4.69, 9.17) is 0 Å². The molecule has 0 heterocycles. The van der Waals surface area contributed by atoms with Crippen LogP contribution in [0.2, 0.25) is 0 Å². The Morgan fingerprint density at radius 1 is 1.43 bits per heavy atom. The highest BCUT2D eigenvalue weighted by Gasteiger charge is 2.03. The van der Waals surface area contributed by atoms with E-state index in [-0.39, 0.29) is 12.5 Å². The number of hydrogen-bond acceptors (Lipinski definition) is 3. The Labute approximate surface area is 86.9 Å². The van der Waals surface area contributed by atoms with Gasteiger partial charge < -0.3 is 10.1 Å². The topological polar surface area (TPSA) is 46.2 Å². The summed E-state index contributed by atoms with van der Waals surface area (Å²) in [4.78, 5) is 22.5. The summed E-state index contributed by atoms with van der Waals surface area (Å²) >= 11 is 1.62. The molecule has 0 aliphatic heterocycles. The Bertz CT molecular complexity index is 321. The van der Waals surface area contributed by atoms with Crippen LogP contribution < -0.4 is 5.32 Å². The van der Waals surface area contributed by atoms with Crippen molar-refractivity contribution >= 4 is 24.0 Å². The molecule has 4 heteroatoms. The van der Waals surface area contributed by atoms with Crippen LogP contribution in [0.25, 0.3) is 0 Å². The molecule has 0 fully saturated rings. The van der Waals surface area contributed by atoms with E-state index in [1.54, 1.807) is 23.9 Å². The molecule has 74 valence electrons. The fourth-order valence-corrected chi connectivity index (χ4v) is 1.39. The third-order valence-electron chi connectivity index (χ3n) is 1.70. The number of carbonyl (C=O) groups excluding carboxylic acids is 2. The Morgan fingerprint density at radius 2 is 2.07 bits per heavy atom. The number of thioether (sulfide) groups is 1. The van der Waals surface area contributed by atoms with E-state index in [0.717, 1.165) is 4.90 Å². The van der Waals surface area contributed by atoms with E-state index in [0.29, 0.717) is 11.8 Å². The van der Waals surface area contributed by atoms with Crippen molar-refractivity contribution in [3.8, 4) is 0 Å². The molecular formula is C10H11NO2S. The van der Waals surface area contributed by atoms with Crippen molar-refractivity contribution in [1.29, 1.82) is 0 Å². The quantitative estimate of drug-likeness (QED) is 0.601. The van der Waals surface area contributed by atoms with Gasteiger partial charge in [0.25, 0.3) is 5.91 Å². The van der Waals surface area contributed by atoms with E-state index in [9.17, 15) is 9.59 Å². The second-order valence-electron chi connectivity index (χ2n) is 2.61. The Balaban J connectivity index is 2.66. The molecular weight excluding hydrogens is 198 g/mol. The first-order chi connectivity index (χ1) is 6.77. The van der Waals surface area contributed by atoms with Gasteiger partial charge in [-0.3, -0.25) is 4.79 Å². The van der Waals surface area contributed by atoms with Gasteiger partial charge in [0.15, 0.2) is 0 Å². The zero-order valence-electron chi connectivity index (χ0n) is 7.82. The Kier molecular flexibility index (Phi) is 4.19. The lowest BCUT2D eigenvalue weighted by atomic mass is 10.2. The summed E-state index contributed by atoms with van der Waals surface area (Å²) in [5.74, 6) is -0.218. The molecule has 1 aromatic rings. The zero-order valence-corrected chi connectivity index (χ0v) is 8.64. The summed E-state index contributed by atoms with van der Waals surface area (Å²) in [6.07, 6.45) is 2.63. The number of carbonyl (C=O) groups is 2. The van der Waals surface area contributed by atoms with Gasteiger partial charge in [-0.2, -0.15) is 0 Å². The molecule has 3 nitrogen and oxygen atoms in total. The molecule has 0 spiro atoms. The summed E-state index contributed by atoms with van der Waals surface area (Å²) < 4.78 is 0. The summed E-state index contributed by atoms with van der Waals surface area (Å²) in [6, 6.07) is 7.24. The third kappa shape index (κ3) is 2.88. The minimum absolute atomic E-state index is 0.0586. The van der Waals surface area contributed by atoms with Gasteiger partial charge in [0.1, 0.15) is 6.29 Å². The molecule has 0 unspecified atom stereocenters. The zero-order chi connectivity index (χ0) is 10.4. The highest BCUT2D eigenvalue weighted by atomic mass is 32.2. The average molecular weight is 209 g/mol. The fraction of sp³-hybridized carbons (Fsp3) is 0.200. The largest absolute Gasteiger partial charge is 0.345 e. The van der Waals surface area contributed by atoms with E-state index >= 15 is 0 Å². The smallest absolute Gasteiger partial charge is 0.251 e. The van der Waals surface area contributed by atoms with Gasteiger partial charge in [-0.1, -0.05) is 0 Å². The van der Waals surface area contributed by atoms with Crippen LogP contribution in [0.3, 0.4) is 0 Å². The van der Waals surface area contributed by atoms with Crippen molar-refractivity contribution in [1.82, 2.24) is 5.32 Å². The second kappa shape index (κ2) is 5.44. The lowest BCUT2D eigenvalue weighted by molar-refractivity contribution is -0.107. The van der Waals surface area contributed by atoms with Crippen LogP contribution in [0.15, 0.2) is 29.2 Å². The maximum absolute atomic E-state index is 11.3. The van der Waals surface area contributed by atoms with Gasteiger partial charge in [-0.05, 0) is 30.5 Å². The molecule has 0 aliphatic carbocycles. The van der Waals surface area contributed by atoms with Crippen LogP contribution in [0, 0.1) is 0 Å². The molecule has 0 atom stereocenters. The van der Waals surface area contributed by atoms with Crippen LogP contribution in [0.5, 0.6) is 0 Å². The van der Waals surface area contributed by atoms with Crippen LogP contribution in [-0.2, 0) is 4.79 Å². The van der Waals surface area contributed by atoms with E-state index in [2.05, 4.69) is 5.32 Å². The monoisotopic (exact) mass is 209 g/mol. The maximum Gasteiger partial charge on any atom is 0.251 e. The molecule has 0 aromatic heterocycles. The molecule has 1 amide bonds. The number of benzene rings is 1. The third-order valence-corrected chi connectivity index (χ3v) is 2.44.